The molecule has 0 aliphatic carbocycles. The third-order valence-corrected chi connectivity index (χ3v) is 3.30. The van der Waals surface area contributed by atoms with Gasteiger partial charge in [0.2, 0.25) is 0 Å². The van der Waals surface area contributed by atoms with E-state index in [0.29, 0.717) is 15.3 Å². The Kier molecular flexibility index (Phi) is 5.06. The SMILES string of the molecule is CC(C)(C)/[N+]([O-])=C(/OC(=O)c1cccc(Cl)c1)c1ccccc1. The van der Waals surface area contributed by atoms with Crippen LogP contribution in [-0.2, 0) is 4.74 Å². The summed E-state index contributed by atoms with van der Waals surface area (Å²) in [5, 5.41) is 13.0. The lowest BCUT2D eigenvalue weighted by atomic mass is 10.1. The molecule has 0 saturated heterocycles. The van der Waals surface area contributed by atoms with E-state index in [1.54, 1.807) is 63.2 Å². The number of halogens is 1. The molecule has 4 nitrogen and oxygen atoms in total. The van der Waals surface area contributed by atoms with Crippen LogP contribution in [0.4, 0.5) is 0 Å². The summed E-state index contributed by atoms with van der Waals surface area (Å²) in [6.07, 6.45) is 0. The zero-order valence-corrected chi connectivity index (χ0v) is 14.0. The second-order valence-corrected chi connectivity index (χ2v) is 6.47. The first-order chi connectivity index (χ1) is 10.8. The van der Waals surface area contributed by atoms with Crippen molar-refractivity contribution in [3.8, 4) is 0 Å². The van der Waals surface area contributed by atoms with Crippen LogP contribution in [0.15, 0.2) is 54.6 Å². The van der Waals surface area contributed by atoms with Gasteiger partial charge in [-0.15, -0.1) is 0 Å². The maximum absolute atomic E-state index is 12.6. The van der Waals surface area contributed by atoms with E-state index in [4.69, 9.17) is 16.3 Å². The average Bonchev–Trinajstić information content (AvgIpc) is 2.51. The van der Waals surface area contributed by atoms with E-state index in [1.165, 1.54) is 6.07 Å². The third-order valence-electron chi connectivity index (χ3n) is 3.06. The number of esters is 1. The Balaban J connectivity index is 2.42. The summed E-state index contributed by atoms with van der Waals surface area (Å²) in [7, 11) is 0. The van der Waals surface area contributed by atoms with Gasteiger partial charge in [0.25, 0.3) is 0 Å². The lowest BCUT2D eigenvalue weighted by Gasteiger charge is -2.21. The van der Waals surface area contributed by atoms with Gasteiger partial charge < -0.3 is 9.94 Å². The molecule has 0 aromatic heterocycles. The van der Waals surface area contributed by atoms with Crippen molar-refractivity contribution in [1.29, 1.82) is 0 Å². The summed E-state index contributed by atoms with van der Waals surface area (Å²) < 4.78 is 6.10. The Morgan fingerprint density at radius 1 is 1.04 bits per heavy atom. The van der Waals surface area contributed by atoms with Crippen molar-refractivity contribution >= 4 is 23.5 Å². The molecular weight excluding hydrogens is 314 g/mol. The van der Waals surface area contributed by atoms with Gasteiger partial charge in [-0.05, 0) is 30.3 Å². The highest BCUT2D eigenvalue weighted by atomic mass is 35.5. The fourth-order valence-corrected chi connectivity index (χ4v) is 2.06. The molecule has 0 amide bonds. The molecule has 0 aliphatic heterocycles. The molecule has 5 heteroatoms. The minimum atomic E-state index is -0.750. The van der Waals surface area contributed by atoms with E-state index < -0.39 is 11.5 Å². The second-order valence-electron chi connectivity index (χ2n) is 6.04. The van der Waals surface area contributed by atoms with Crippen LogP contribution in [-0.4, -0.2) is 22.1 Å². The first-order valence-corrected chi connectivity index (χ1v) is 7.54. The van der Waals surface area contributed by atoms with Crippen molar-refractivity contribution in [2.75, 3.05) is 0 Å². The highest BCUT2D eigenvalue weighted by Gasteiger charge is 2.28. The molecule has 0 atom stereocenters. The third kappa shape index (κ3) is 4.33. The van der Waals surface area contributed by atoms with Crippen molar-refractivity contribution in [1.82, 2.24) is 0 Å². The highest BCUT2D eigenvalue weighted by Crippen LogP contribution is 2.15. The van der Waals surface area contributed by atoms with Crippen LogP contribution in [0, 0.1) is 5.21 Å². The molecule has 23 heavy (non-hydrogen) atoms. The molecule has 0 aliphatic rings. The Labute approximate surface area is 140 Å². The minimum absolute atomic E-state index is 0.0388. The number of ether oxygens (including phenoxy) is 1. The molecule has 0 bridgehead atoms. The van der Waals surface area contributed by atoms with Crippen LogP contribution in [0.5, 0.6) is 0 Å². The normalized spacial score (nSPS) is 12.5. The topological polar surface area (TPSA) is 52.4 Å². The molecule has 0 fully saturated rings. The van der Waals surface area contributed by atoms with Crippen LogP contribution < -0.4 is 0 Å². The van der Waals surface area contributed by atoms with Gasteiger partial charge in [0, 0.05) is 25.8 Å². The summed E-state index contributed by atoms with van der Waals surface area (Å²) in [6, 6.07) is 15.2. The van der Waals surface area contributed by atoms with Gasteiger partial charge in [-0.2, -0.15) is 4.74 Å². The molecule has 2 aromatic carbocycles. The number of benzene rings is 2. The molecule has 0 spiro atoms. The average molecular weight is 332 g/mol. The largest absolute Gasteiger partial charge is 0.621 e. The first kappa shape index (κ1) is 17.0. The number of carbonyl (C=O) groups excluding carboxylic acids is 1. The summed E-state index contributed by atoms with van der Waals surface area (Å²) in [4.78, 5) is 12.3. The lowest BCUT2D eigenvalue weighted by Crippen LogP contribution is -2.36. The predicted molar refractivity (Wildman–Crippen MR) is 90.8 cm³/mol. The molecule has 2 aromatic rings. The summed E-state index contributed by atoms with van der Waals surface area (Å²) in [5.74, 6) is -0.667. The van der Waals surface area contributed by atoms with Crippen LogP contribution in [0.2, 0.25) is 5.02 Å². The highest BCUT2D eigenvalue weighted by molar-refractivity contribution is 6.30. The van der Waals surface area contributed by atoms with Crippen LogP contribution >= 0.6 is 11.6 Å². The molecule has 0 unspecified atom stereocenters. The Bertz CT molecular complexity index is 733. The van der Waals surface area contributed by atoms with E-state index in [9.17, 15) is 10.0 Å². The van der Waals surface area contributed by atoms with Gasteiger partial charge >= 0.3 is 11.9 Å². The van der Waals surface area contributed by atoms with E-state index in [-0.39, 0.29) is 11.5 Å². The fraction of sp³-hybridized carbons (Fsp3) is 0.222. The number of carbonyl (C=O) groups is 1. The molecule has 0 saturated carbocycles. The number of hydrogen-bond acceptors (Lipinski definition) is 3. The number of nitrogens with zero attached hydrogens (tertiary/aromatic N) is 1. The van der Waals surface area contributed by atoms with Gasteiger partial charge in [0.05, 0.1) is 11.1 Å². The molecule has 0 radical (unpaired) electrons. The molecule has 120 valence electrons. The number of rotatable bonds is 2. The maximum Gasteiger partial charge on any atom is 0.389 e. The van der Waals surface area contributed by atoms with Crippen LogP contribution in [0.3, 0.4) is 0 Å². The fourth-order valence-electron chi connectivity index (χ4n) is 1.87. The molecular formula is C18H18ClNO3. The van der Waals surface area contributed by atoms with E-state index >= 15 is 0 Å². The van der Waals surface area contributed by atoms with Gasteiger partial charge in [-0.1, -0.05) is 35.9 Å². The van der Waals surface area contributed by atoms with Crippen molar-refractivity contribution < 1.29 is 14.3 Å². The molecule has 0 N–H and O–H groups in total. The number of hydrogen-bond donors (Lipinski definition) is 0. The Hall–Kier alpha value is -2.33. The molecule has 2 rings (SSSR count). The van der Waals surface area contributed by atoms with E-state index in [0.717, 1.165) is 0 Å². The smallest absolute Gasteiger partial charge is 0.389 e. The Morgan fingerprint density at radius 3 is 2.22 bits per heavy atom. The lowest BCUT2D eigenvalue weighted by molar-refractivity contribution is -0.541. The van der Waals surface area contributed by atoms with Crippen LogP contribution in [0.25, 0.3) is 0 Å². The van der Waals surface area contributed by atoms with Gasteiger partial charge in [0.15, 0.2) is 5.54 Å². The second kappa shape index (κ2) is 6.84. The Morgan fingerprint density at radius 2 is 1.65 bits per heavy atom. The standard InChI is InChI=1S/C18H18ClNO3/c1-18(2,3)20(22)16(13-8-5-4-6-9-13)23-17(21)14-10-7-11-15(19)12-14/h4-12H,1-3H3/b20-16-. The maximum atomic E-state index is 12.6. The van der Waals surface area contributed by atoms with Crippen LogP contribution in [0.1, 0.15) is 36.7 Å². The van der Waals surface area contributed by atoms with Crippen molar-refractivity contribution in [3.05, 3.63) is 76.0 Å². The molecule has 0 heterocycles. The van der Waals surface area contributed by atoms with Crippen molar-refractivity contribution in [3.63, 3.8) is 0 Å². The van der Waals surface area contributed by atoms with E-state index in [1.807, 2.05) is 6.07 Å². The van der Waals surface area contributed by atoms with Gasteiger partial charge in [0.1, 0.15) is 0 Å². The van der Waals surface area contributed by atoms with Gasteiger partial charge in [-0.25, -0.2) is 4.79 Å². The number of hydroxylamine groups is 1. The first-order valence-electron chi connectivity index (χ1n) is 7.16. The summed E-state index contributed by atoms with van der Waals surface area (Å²) in [5.41, 5.74) is 0.0702. The summed E-state index contributed by atoms with van der Waals surface area (Å²) in [6.45, 7) is 5.24. The summed E-state index contributed by atoms with van der Waals surface area (Å²) >= 11 is 5.89. The van der Waals surface area contributed by atoms with Crippen molar-refractivity contribution in [2.45, 2.75) is 26.3 Å². The monoisotopic (exact) mass is 331 g/mol. The van der Waals surface area contributed by atoms with E-state index in [2.05, 4.69) is 0 Å². The van der Waals surface area contributed by atoms with Crippen molar-refractivity contribution in [2.24, 2.45) is 0 Å². The van der Waals surface area contributed by atoms with Gasteiger partial charge in [-0.3, -0.25) is 0 Å². The zero-order chi connectivity index (χ0) is 17.0. The zero-order valence-electron chi connectivity index (χ0n) is 13.2. The predicted octanol–water partition coefficient (Wildman–Crippen LogP) is 4.25. The quantitative estimate of drug-likeness (QED) is 0.206. The minimum Gasteiger partial charge on any atom is -0.621 e.